The number of terminal acetylenes is 1. The standard InChI is InChI=1S/C26H22ClN5O3/c1-4-16-5-10-22(29-15-16)30-26(34)20-13-19(27)14-21(35-3)23(20)31-25(33)18-8-6-17(7-9-18)24-28-11-12-32(24)2/h1,5-10,13-15H,11-12H2,2-3H3,(H,31,33)(H,29,30,34). The lowest BCUT2D eigenvalue weighted by Crippen LogP contribution is -2.23. The maximum absolute atomic E-state index is 13.1. The fourth-order valence-corrected chi connectivity index (χ4v) is 3.80. The van der Waals surface area contributed by atoms with Gasteiger partial charge in [-0.05, 0) is 30.3 Å². The number of pyridine rings is 1. The van der Waals surface area contributed by atoms with Gasteiger partial charge in [0.1, 0.15) is 17.4 Å². The zero-order valence-electron chi connectivity index (χ0n) is 19.1. The van der Waals surface area contributed by atoms with Crippen molar-refractivity contribution in [1.29, 1.82) is 0 Å². The number of carbonyl (C=O) groups is 2. The van der Waals surface area contributed by atoms with Crippen molar-refractivity contribution in [2.75, 3.05) is 37.9 Å². The average Bonchev–Trinajstić information content (AvgIpc) is 3.30. The van der Waals surface area contributed by atoms with E-state index in [4.69, 9.17) is 22.8 Å². The minimum atomic E-state index is -0.528. The van der Waals surface area contributed by atoms with E-state index in [-0.39, 0.29) is 22.0 Å². The number of amidine groups is 1. The molecule has 0 unspecified atom stereocenters. The summed E-state index contributed by atoms with van der Waals surface area (Å²) in [7, 11) is 3.40. The van der Waals surface area contributed by atoms with Gasteiger partial charge in [-0.25, -0.2) is 4.98 Å². The maximum atomic E-state index is 13.1. The van der Waals surface area contributed by atoms with E-state index in [0.29, 0.717) is 16.9 Å². The molecule has 0 saturated carbocycles. The molecule has 35 heavy (non-hydrogen) atoms. The number of nitrogens with zero attached hydrogens (tertiary/aromatic N) is 3. The second kappa shape index (κ2) is 10.3. The van der Waals surface area contributed by atoms with Crippen LogP contribution >= 0.6 is 11.6 Å². The number of rotatable bonds is 6. The second-order valence-electron chi connectivity index (χ2n) is 7.72. The van der Waals surface area contributed by atoms with Crippen molar-refractivity contribution in [2.45, 2.75) is 0 Å². The van der Waals surface area contributed by atoms with Crippen LogP contribution in [0.25, 0.3) is 0 Å². The summed E-state index contributed by atoms with van der Waals surface area (Å²) in [5, 5.41) is 5.74. The minimum Gasteiger partial charge on any atom is -0.494 e. The van der Waals surface area contributed by atoms with Crippen molar-refractivity contribution < 1.29 is 14.3 Å². The smallest absolute Gasteiger partial charge is 0.259 e. The molecule has 8 nitrogen and oxygen atoms in total. The van der Waals surface area contributed by atoms with E-state index < -0.39 is 11.8 Å². The number of likely N-dealkylation sites (N-methyl/N-ethyl adjacent to an activating group) is 1. The van der Waals surface area contributed by atoms with Crippen molar-refractivity contribution >= 4 is 40.8 Å². The van der Waals surface area contributed by atoms with Crippen LogP contribution in [0.3, 0.4) is 0 Å². The molecular formula is C26H22ClN5O3. The number of ether oxygens (including phenoxy) is 1. The van der Waals surface area contributed by atoms with Gasteiger partial charge in [0.2, 0.25) is 0 Å². The van der Waals surface area contributed by atoms with Crippen LogP contribution in [0.4, 0.5) is 11.5 Å². The first-order valence-corrected chi connectivity index (χ1v) is 11.1. The van der Waals surface area contributed by atoms with Gasteiger partial charge in [0.25, 0.3) is 11.8 Å². The van der Waals surface area contributed by atoms with Crippen LogP contribution < -0.4 is 15.4 Å². The van der Waals surface area contributed by atoms with Gasteiger partial charge in [-0.15, -0.1) is 6.42 Å². The molecule has 0 fully saturated rings. The molecule has 0 atom stereocenters. The van der Waals surface area contributed by atoms with Crippen molar-refractivity contribution in [3.05, 3.63) is 82.0 Å². The van der Waals surface area contributed by atoms with Gasteiger partial charge in [-0.1, -0.05) is 29.7 Å². The highest BCUT2D eigenvalue weighted by molar-refractivity contribution is 6.31. The van der Waals surface area contributed by atoms with Crippen molar-refractivity contribution in [3.63, 3.8) is 0 Å². The lowest BCUT2D eigenvalue weighted by atomic mass is 10.1. The van der Waals surface area contributed by atoms with Gasteiger partial charge in [-0.2, -0.15) is 0 Å². The number of amides is 2. The third-order valence-electron chi connectivity index (χ3n) is 5.41. The number of carbonyl (C=O) groups excluding carboxylic acids is 2. The summed E-state index contributed by atoms with van der Waals surface area (Å²) in [6.07, 6.45) is 6.81. The Bertz CT molecular complexity index is 1350. The highest BCUT2D eigenvalue weighted by Crippen LogP contribution is 2.33. The fraction of sp³-hybridized carbons (Fsp3) is 0.154. The molecule has 1 aliphatic rings. The van der Waals surface area contributed by atoms with Crippen LogP contribution in [0.1, 0.15) is 31.8 Å². The number of methoxy groups -OCH3 is 1. The number of hydrogen-bond acceptors (Lipinski definition) is 6. The predicted octanol–water partition coefficient (Wildman–Crippen LogP) is 3.92. The summed E-state index contributed by atoms with van der Waals surface area (Å²) in [4.78, 5) is 36.8. The SMILES string of the molecule is C#Cc1ccc(NC(=O)c2cc(Cl)cc(OC)c2NC(=O)c2ccc(C3=NCCN3C)cc2)nc1. The van der Waals surface area contributed by atoms with E-state index in [1.807, 2.05) is 19.2 Å². The Morgan fingerprint density at radius 1 is 1.11 bits per heavy atom. The van der Waals surface area contributed by atoms with E-state index in [2.05, 4.69) is 31.4 Å². The first-order valence-electron chi connectivity index (χ1n) is 10.7. The molecule has 0 aliphatic carbocycles. The van der Waals surface area contributed by atoms with E-state index in [0.717, 1.165) is 24.5 Å². The summed E-state index contributed by atoms with van der Waals surface area (Å²) < 4.78 is 5.39. The van der Waals surface area contributed by atoms with E-state index in [1.165, 1.54) is 25.4 Å². The molecule has 4 rings (SSSR count). The predicted molar refractivity (Wildman–Crippen MR) is 137 cm³/mol. The van der Waals surface area contributed by atoms with Gasteiger partial charge in [0, 0.05) is 47.6 Å². The average molecular weight is 488 g/mol. The van der Waals surface area contributed by atoms with Crippen molar-refractivity contribution in [2.24, 2.45) is 4.99 Å². The van der Waals surface area contributed by atoms with Crippen LogP contribution in [-0.4, -0.2) is 54.8 Å². The maximum Gasteiger partial charge on any atom is 0.259 e. The molecule has 0 saturated heterocycles. The van der Waals surface area contributed by atoms with E-state index >= 15 is 0 Å². The second-order valence-corrected chi connectivity index (χ2v) is 8.16. The molecular weight excluding hydrogens is 466 g/mol. The van der Waals surface area contributed by atoms with Crippen LogP contribution in [0.5, 0.6) is 5.75 Å². The number of aliphatic imine (C=N–C) groups is 1. The van der Waals surface area contributed by atoms with Gasteiger partial charge in [0.05, 0.1) is 24.9 Å². The van der Waals surface area contributed by atoms with Crippen LogP contribution in [-0.2, 0) is 0 Å². The quantitative estimate of drug-likeness (QED) is 0.514. The molecule has 0 bridgehead atoms. The van der Waals surface area contributed by atoms with E-state index in [9.17, 15) is 9.59 Å². The van der Waals surface area contributed by atoms with Gasteiger partial charge >= 0.3 is 0 Å². The molecule has 3 aromatic rings. The number of benzene rings is 2. The number of hydrogen-bond donors (Lipinski definition) is 2. The Kier molecular flexibility index (Phi) is 6.99. The molecule has 0 spiro atoms. The molecule has 176 valence electrons. The fourth-order valence-electron chi connectivity index (χ4n) is 3.59. The molecule has 2 heterocycles. The minimum absolute atomic E-state index is 0.115. The zero-order chi connectivity index (χ0) is 24.9. The first-order chi connectivity index (χ1) is 16.9. The monoisotopic (exact) mass is 487 g/mol. The van der Waals surface area contributed by atoms with E-state index in [1.54, 1.807) is 24.3 Å². The Labute approximate surface area is 208 Å². The number of aromatic nitrogens is 1. The van der Waals surface area contributed by atoms with Gasteiger partial charge in [-0.3, -0.25) is 14.6 Å². The Morgan fingerprint density at radius 3 is 2.49 bits per heavy atom. The summed E-state index contributed by atoms with van der Waals surface area (Å²) in [6, 6.07) is 13.3. The summed E-state index contributed by atoms with van der Waals surface area (Å²) in [5.74, 6) is 2.94. The van der Waals surface area contributed by atoms with Crippen molar-refractivity contribution in [1.82, 2.24) is 9.88 Å². The van der Waals surface area contributed by atoms with Crippen LogP contribution in [0, 0.1) is 12.3 Å². The number of halogens is 1. The molecule has 2 aromatic carbocycles. The van der Waals surface area contributed by atoms with Crippen LogP contribution in [0.15, 0.2) is 59.7 Å². The molecule has 2 N–H and O–H groups in total. The molecule has 9 heteroatoms. The van der Waals surface area contributed by atoms with Gasteiger partial charge < -0.3 is 20.3 Å². The topological polar surface area (TPSA) is 95.9 Å². The highest BCUT2D eigenvalue weighted by atomic mass is 35.5. The third-order valence-corrected chi connectivity index (χ3v) is 5.62. The largest absolute Gasteiger partial charge is 0.494 e. The summed E-state index contributed by atoms with van der Waals surface area (Å²) in [6.45, 7) is 1.61. The van der Waals surface area contributed by atoms with Crippen molar-refractivity contribution in [3.8, 4) is 18.1 Å². The lowest BCUT2D eigenvalue weighted by Gasteiger charge is -2.16. The Hall–Kier alpha value is -4.35. The molecule has 2 amide bonds. The summed E-state index contributed by atoms with van der Waals surface area (Å²) >= 11 is 6.21. The zero-order valence-corrected chi connectivity index (χ0v) is 19.9. The normalized spacial score (nSPS) is 12.5. The number of anilines is 2. The molecule has 0 radical (unpaired) electrons. The Balaban J connectivity index is 1.59. The van der Waals surface area contributed by atoms with Gasteiger partial charge in [0.15, 0.2) is 0 Å². The third kappa shape index (κ3) is 5.26. The number of nitrogens with one attached hydrogen (secondary N) is 2. The Morgan fingerprint density at radius 2 is 1.89 bits per heavy atom. The molecule has 1 aliphatic heterocycles. The summed E-state index contributed by atoms with van der Waals surface area (Å²) in [5.41, 5.74) is 2.21. The molecule has 1 aromatic heterocycles. The first kappa shape index (κ1) is 23.8. The highest BCUT2D eigenvalue weighted by Gasteiger charge is 2.21. The van der Waals surface area contributed by atoms with Crippen LogP contribution in [0.2, 0.25) is 5.02 Å². The lowest BCUT2D eigenvalue weighted by molar-refractivity contribution is 0.102.